The van der Waals surface area contributed by atoms with Gasteiger partial charge in [-0.2, -0.15) is 0 Å². The van der Waals surface area contributed by atoms with Crippen molar-refractivity contribution in [1.29, 1.82) is 0 Å². The Kier molecular flexibility index (Phi) is 2.96. The van der Waals surface area contributed by atoms with Gasteiger partial charge in [-0.05, 0) is 19.3 Å². The minimum atomic E-state index is 0.720. The van der Waals surface area contributed by atoms with Gasteiger partial charge in [0.25, 0.3) is 0 Å². The van der Waals surface area contributed by atoms with Crippen LogP contribution in [-0.2, 0) is 0 Å². The molecule has 1 nitrogen and oxygen atoms in total. The molecule has 1 aliphatic rings. The summed E-state index contributed by atoms with van der Waals surface area (Å²) in [4.78, 5) is 2.33. The standard InChI is InChI=1S/C11H19N/c1-9(2)11-5-7-12(8-6-11)10(3)4/h5,9H,3,6-8H2,1-2,4H3. The van der Waals surface area contributed by atoms with Gasteiger partial charge in [-0.3, -0.25) is 0 Å². The molecule has 0 aromatic rings. The highest BCUT2D eigenvalue weighted by Gasteiger charge is 2.12. The second-order valence-corrected chi connectivity index (χ2v) is 3.87. The summed E-state index contributed by atoms with van der Waals surface area (Å²) in [6.45, 7) is 12.8. The predicted molar refractivity (Wildman–Crippen MR) is 53.9 cm³/mol. The highest BCUT2D eigenvalue weighted by Crippen LogP contribution is 2.20. The first-order valence-electron chi connectivity index (χ1n) is 4.70. The number of nitrogens with zero attached hydrogens (tertiary/aromatic N) is 1. The van der Waals surface area contributed by atoms with Gasteiger partial charge in [0.15, 0.2) is 0 Å². The molecule has 12 heavy (non-hydrogen) atoms. The summed E-state index contributed by atoms with van der Waals surface area (Å²) in [5.41, 5.74) is 2.79. The summed E-state index contributed by atoms with van der Waals surface area (Å²) >= 11 is 0. The third-order valence-electron chi connectivity index (χ3n) is 2.53. The van der Waals surface area contributed by atoms with E-state index in [0.717, 1.165) is 19.0 Å². The average Bonchev–Trinajstić information content (AvgIpc) is 2.04. The molecular formula is C11H19N. The Hall–Kier alpha value is -0.720. The molecule has 0 aromatic carbocycles. The maximum absolute atomic E-state index is 3.95. The van der Waals surface area contributed by atoms with Crippen molar-refractivity contribution in [2.75, 3.05) is 13.1 Å². The Bertz CT molecular complexity index is 201. The molecule has 0 saturated heterocycles. The van der Waals surface area contributed by atoms with Gasteiger partial charge in [-0.25, -0.2) is 0 Å². The zero-order valence-corrected chi connectivity index (χ0v) is 8.43. The molecule has 0 saturated carbocycles. The zero-order valence-electron chi connectivity index (χ0n) is 8.43. The van der Waals surface area contributed by atoms with Crippen LogP contribution in [0.4, 0.5) is 0 Å². The monoisotopic (exact) mass is 165 g/mol. The lowest BCUT2D eigenvalue weighted by molar-refractivity contribution is 0.362. The van der Waals surface area contributed by atoms with Crippen molar-refractivity contribution in [2.45, 2.75) is 27.2 Å². The third kappa shape index (κ3) is 2.13. The molecule has 0 fully saturated rings. The summed E-state index contributed by atoms with van der Waals surface area (Å²) in [5.74, 6) is 0.720. The fraction of sp³-hybridized carbons (Fsp3) is 0.636. The molecule has 0 amide bonds. The molecule has 1 heteroatoms. The molecule has 68 valence electrons. The van der Waals surface area contributed by atoms with E-state index < -0.39 is 0 Å². The van der Waals surface area contributed by atoms with Gasteiger partial charge in [-0.1, -0.05) is 32.1 Å². The Morgan fingerprint density at radius 2 is 2.25 bits per heavy atom. The van der Waals surface area contributed by atoms with E-state index in [1.54, 1.807) is 5.57 Å². The van der Waals surface area contributed by atoms with Crippen LogP contribution in [-0.4, -0.2) is 18.0 Å². The maximum Gasteiger partial charge on any atom is 0.0359 e. The van der Waals surface area contributed by atoms with Crippen LogP contribution in [0, 0.1) is 5.92 Å². The van der Waals surface area contributed by atoms with Crippen molar-refractivity contribution >= 4 is 0 Å². The highest BCUT2D eigenvalue weighted by molar-refractivity contribution is 5.12. The lowest BCUT2D eigenvalue weighted by Crippen LogP contribution is -2.27. The van der Waals surface area contributed by atoms with E-state index in [1.165, 1.54) is 12.1 Å². The first kappa shape index (κ1) is 9.37. The Balaban J connectivity index is 2.53. The van der Waals surface area contributed by atoms with Crippen molar-refractivity contribution in [3.8, 4) is 0 Å². The van der Waals surface area contributed by atoms with E-state index in [1.807, 2.05) is 0 Å². The molecule has 0 radical (unpaired) electrons. The largest absolute Gasteiger partial charge is 0.371 e. The van der Waals surface area contributed by atoms with Crippen LogP contribution in [0.1, 0.15) is 27.2 Å². The SMILES string of the molecule is C=C(C)N1CC=C(C(C)C)CC1. The van der Waals surface area contributed by atoms with E-state index in [9.17, 15) is 0 Å². The predicted octanol–water partition coefficient (Wildman–Crippen LogP) is 2.81. The summed E-state index contributed by atoms with van der Waals surface area (Å²) in [6.07, 6.45) is 3.56. The summed E-state index contributed by atoms with van der Waals surface area (Å²) in [5, 5.41) is 0. The van der Waals surface area contributed by atoms with E-state index in [-0.39, 0.29) is 0 Å². The molecule has 0 aromatic heterocycles. The minimum Gasteiger partial charge on any atom is -0.371 e. The van der Waals surface area contributed by atoms with E-state index in [4.69, 9.17) is 0 Å². The fourth-order valence-corrected chi connectivity index (χ4v) is 1.56. The Labute approximate surface area is 75.8 Å². The molecule has 0 spiro atoms. The molecule has 0 aliphatic carbocycles. The van der Waals surface area contributed by atoms with Gasteiger partial charge in [0.1, 0.15) is 0 Å². The third-order valence-corrected chi connectivity index (χ3v) is 2.53. The first-order valence-corrected chi connectivity index (χ1v) is 4.70. The summed E-state index contributed by atoms with van der Waals surface area (Å²) in [7, 11) is 0. The zero-order chi connectivity index (χ0) is 9.14. The molecule has 1 rings (SSSR count). The van der Waals surface area contributed by atoms with Gasteiger partial charge in [0.05, 0.1) is 0 Å². The molecule has 1 aliphatic heterocycles. The number of hydrogen-bond donors (Lipinski definition) is 0. The lowest BCUT2D eigenvalue weighted by atomic mass is 9.97. The summed E-state index contributed by atoms with van der Waals surface area (Å²) < 4.78 is 0. The van der Waals surface area contributed by atoms with E-state index in [0.29, 0.717) is 0 Å². The van der Waals surface area contributed by atoms with Crippen LogP contribution in [0.2, 0.25) is 0 Å². The smallest absolute Gasteiger partial charge is 0.0359 e. The normalized spacial score (nSPS) is 18.0. The fourth-order valence-electron chi connectivity index (χ4n) is 1.56. The van der Waals surface area contributed by atoms with Gasteiger partial charge < -0.3 is 4.90 Å². The van der Waals surface area contributed by atoms with Crippen molar-refractivity contribution in [2.24, 2.45) is 5.92 Å². The Morgan fingerprint density at radius 1 is 1.58 bits per heavy atom. The molecule has 0 N–H and O–H groups in total. The quantitative estimate of drug-likeness (QED) is 0.569. The number of allylic oxidation sites excluding steroid dienone is 1. The van der Waals surface area contributed by atoms with Crippen molar-refractivity contribution in [3.63, 3.8) is 0 Å². The maximum atomic E-state index is 3.95. The average molecular weight is 165 g/mol. The van der Waals surface area contributed by atoms with Gasteiger partial charge in [0.2, 0.25) is 0 Å². The number of rotatable bonds is 2. The van der Waals surface area contributed by atoms with Crippen LogP contribution in [0.5, 0.6) is 0 Å². The molecule has 1 heterocycles. The van der Waals surface area contributed by atoms with E-state index >= 15 is 0 Å². The van der Waals surface area contributed by atoms with Gasteiger partial charge >= 0.3 is 0 Å². The second-order valence-electron chi connectivity index (χ2n) is 3.87. The van der Waals surface area contributed by atoms with Crippen molar-refractivity contribution in [3.05, 3.63) is 23.9 Å². The molecular weight excluding hydrogens is 146 g/mol. The van der Waals surface area contributed by atoms with Crippen LogP contribution in [0.15, 0.2) is 23.9 Å². The second kappa shape index (κ2) is 3.79. The molecule has 0 bridgehead atoms. The van der Waals surface area contributed by atoms with Crippen LogP contribution in [0.25, 0.3) is 0 Å². The molecule has 0 unspecified atom stereocenters. The number of hydrogen-bond acceptors (Lipinski definition) is 1. The van der Waals surface area contributed by atoms with Gasteiger partial charge in [0, 0.05) is 18.8 Å². The van der Waals surface area contributed by atoms with Crippen LogP contribution >= 0.6 is 0 Å². The molecule has 0 atom stereocenters. The van der Waals surface area contributed by atoms with Crippen LogP contribution in [0.3, 0.4) is 0 Å². The Morgan fingerprint density at radius 3 is 2.58 bits per heavy atom. The van der Waals surface area contributed by atoms with Crippen molar-refractivity contribution in [1.82, 2.24) is 4.90 Å². The summed E-state index contributed by atoms with van der Waals surface area (Å²) in [6, 6.07) is 0. The van der Waals surface area contributed by atoms with Crippen molar-refractivity contribution < 1.29 is 0 Å². The van der Waals surface area contributed by atoms with Crippen LogP contribution < -0.4 is 0 Å². The minimum absolute atomic E-state index is 0.720. The topological polar surface area (TPSA) is 3.24 Å². The van der Waals surface area contributed by atoms with E-state index in [2.05, 4.69) is 38.3 Å². The lowest BCUT2D eigenvalue weighted by Gasteiger charge is -2.29. The highest BCUT2D eigenvalue weighted by atomic mass is 15.1. The first-order chi connectivity index (χ1) is 5.61. The van der Waals surface area contributed by atoms with Gasteiger partial charge in [-0.15, -0.1) is 0 Å².